The van der Waals surface area contributed by atoms with E-state index in [2.05, 4.69) is 35.6 Å². The first-order chi connectivity index (χ1) is 12.8. The van der Waals surface area contributed by atoms with E-state index in [0.29, 0.717) is 22.4 Å². The summed E-state index contributed by atoms with van der Waals surface area (Å²) in [7, 11) is 0. The molecule has 3 N–H and O–H groups in total. The molecule has 0 atom stereocenters. The second-order valence-electron chi connectivity index (χ2n) is 6.22. The van der Waals surface area contributed by atoms with E-state index in [1.807, 2.05) is 0 Å². The predicted molar refractivity (Wildman–Crippen MR) is 91.6 cm³/mol. The number of amides is 1. The fraction of sp³-hybridized carbons (Fsp3) is 0.312. The third kappa shape index (κ3) is 4.13. The summed E-state index contributed by atoms with van der Waals surface area (Å²) < 4.78 is 37.9. The summed E-state index contributed by atoms with van der Waals surface area (Å²) in [5, 5.41) is 5.04. The van der Waals surface area contributed by atoms with Gasteiger partial charge in [-0.3, -0.25) is 4.79 Å². The first kappa shape index (κ1) is 18.5. The lowest BCUT2D eigenvalue weighted by molar-refractivity contribution is -0.125. The quantitative estimate of drug-likeness (QED) is 0.566. The zero-order valence-electron chi connectivity index (χ0n) is 14.4. The number of rotatable bonds is 6. The number of hydrogen-bond acceptors (Lipinski definition) is 6. The highest BCUT2D eigenvalue weighted by Crippen LogP contribution is 2.25. The summed E-state index contributed by atoms with van der Waals surface area (Å²) in [5.74, 6) is -0.0703. The maximum Gasteiger partial charge on any atom is 0.309 e. The molecule has 11 heteroatoms. The average Bonchev–Trinajstić information content (AvgIpc) is 3.02. The molecule has 0 aromatic carbocycles. The number of carbonyl (C=O) groups is 1. The van der Waals surface area contributed by atoms with Crippen molar-refractivity contribution in [3.8, 4) is 11.4 Å². The second kappa shape index (κ2) is 7.17. The molecular formula is C16H16F3N7O. The summed E-state index contributed by atoms with van der Waals surface area (Å²) in [6.45, 7) is 2.33. The number of alkyl halides is 2. The molecule has 0 spiro atoms. The van der Waals surface area contributed by atoms with Crippen molar-refractivity contribution in [3.05, 3.63) is 30.7 Å². The summed E-state index contributed by atoms with van der Waals surface area (Å²) in [4.78, 5) is 30.6. The maximum absolute atomic E-state index is 13.3. The standard InChI is InChI=1S/C16H16F3N7O/c1-16(2,14(27)22-7-10(17)18)26-11-3-4-20-13(24-11)8-5-21-9-6-23-15(19)25-12(8)9/h3-6,10,21H,7H2,1-2H3,(H,22,27)(H,20,24,26). The Hall–Kier alpha value is -3.24. The van der Waals surface area contributed by atoms with Crippen LogP contribution in [0.2, 0.25) is 0 Å². The zero-order chi connectivity index (χ0) is 19.6. The van der Waals surface area contributed by atoms with Gasteiger partial charge in [0.1, 0.15) is 16.9 Å². The van der Waals surface area contributed by atoms with Gasteiger partial charge in [0.2, 0.25) is 5.91 Å². The second-order valence-corrected chi connectivity index (χ2v) is 6.22. The van der Waals surface area contributed by atoms with Crippen molar-refractivity contribution in [1.29, 1.82) is 0 Å². The number of aromatic amines is 1. The third-order valence-corrected chi connectivity index (χ3v) is 3.71. The molecule has 8 nitrogen and oxygen atoms in total. The van der Waals surface area contributed by atoms with Gasteiger partial charge in [-0.15, -0.1) is 0 Å². The van der Waals surface area contributed by atoms with Gasteiger partial charge in [-0.1, -0.05) is 0 Å². The summed E-state index contributed by atoms with van der Waals surface area (Å²) in [6.07, 6.45) is 0.806. The number of nitrogens with zero attached hydrogens (tertiary/aromatic N) is 4. The number of fused-ring (bicyclic) bond motifs is 1. The zero-order valence-corrected chi connectivity index (χ0v) is 14.4. The van der Waals surface area contributed by atoms with E-state index in [-0.39, 0.29) is 5.82 Å². The number of nitrogens with one attached hydrogen (secondary N) is 3. The van der Waals surface area contributed by atoms with Gasteiger partial charge in [-0.25, -0.2) is 23.7 Å². The lowest BCUT2D eigenvalue weighted by atomic mass is 10.0. The summed E-state index contributed by atoms with van der Waals surface area (Å²) >= 11 is 0. The van der Waals surface area contributed by atoms with Gasteiger partial charge in [0.05, 0.1) is 23.8 Å². The lowest BCUT2D eigenvalue weighted by Gasteiger charge is -2.25. The van der Waals surface area contributed by atoms with Gasteiger partial charge in [0.15, 0.2) is 5.82 Å². The minimum atomic E-state index is -2.64. The summed E-state index contributed by atoms with van der Waals surface area (Å²) in [5.41, 5.74) is 0.0817. The Morgan fingerprint density at radius 3 is 2.81 bits per heavy atom. The van der Waals surface area contributed by atoms with Gasteiger partial charge in [0, 0.05) is 12.4 Å². The normalized spacial score (nSPS) is 11.8. The van der Waals surface area contributed by atoms with Gasteiger partial charge < -0.3 is 15.6 Å². The Balaban J connectivity index is 1.85. The fourth-order valence-corrected chi connectivity index (χ4v) is 2.39. The van der Waals surface area contributed by atoms with E-state index in [1.54, 1.807) is 6.20 Å². The Kier molecular flexibility index (Phi) is 4.93. The van der Waals surface area contributed by atoms with E-state index < -0.39 is 30.5 Å². The SMILES string of the molecule is CC(C)(Nc1ccnc(-c2c[nH]c3cnc(F)nc23)n1)C(=O)NCC(F)F. The molecule has 0 aliphatic rings. The first-order valence-electron chi connectivity index (χ1n) is 7.94. The van der Waals surface area contributed by atoms with E-state index in [9.17, 15) is 18.0 Å². The lowest BCUT2D eigenvalue weighted by Crippen LogP contribution is -2.49. The molecule has 3 rings (SSSR count). The fourth-order valence-electron chi connectivity index (χ4n) is 2.39. The molecule has 3 aromatic rings. The van der Waals surface area contributed by atoms with Crippen molar-refractivity contribution in [2.75, 3.05) is 11.9 Å². The maximum atomic E-state index is 13.3. The highest BCUT2D eigenvalue weighted by atomic mass is 19.3. The molecule has 0 fully saturated rings. The van der Waals surface area contributed by atoms with E-state index in [4.69, 9.17) is 0 Å². The van der Waals surface area contributed by atoms with Crippen LogP contribution in [0.1, 0.15) is 13.8 Å². The van der Waals surface area contributed by atoms with E-state index in [0.717, 1.165) is 0 Å². The molecule has 142 valence electrons. The molecule has 0 unspecified atom stereocenters. The van der Waals surface area contributed by atoms with Crippen molar-refractivity contribution in [1.82, 2.24) is 30.2 Å². The van der Waals surface area contributed by atoms with Gasteiger partial charge >= 0.3 is 6.08 Å². The Labute approximate surface area is 151 Å². The van der Waals surface area contributed by atoms with Crippen LogP contribution in [-0.2, 0) is 4.79 Å². The van der Waals surface area contributed by atoms with Crippen molar-refractivity contribution < 1.29 is 18.0 Å². The minimum absolute atomic E-state index is 0.244. The number of aromatic nitrogens is 5. The van der Waals surface area contributed by atoms with Crippen molar-refractivity contribution >= 4 is 22.8 Å². The van der Waals surface area contributed by atoms with Crippen LogP contribution in [0, 0.1) is 6.08 Å². The van der Waals surface area contributed by atoms with Crippen LogP contribution in [0.5, 0.6) is 0 Å². The van der Waals surface area contributed by atoms with Gasteiger partial charge in [-0.05, 0) is 19.9 Å². The molecule has 27 heavy (non-hydrogen) atoms. The Morgan fingerprint density at radius 1 is 1.30 bits per heavy atom. The van der Waals surface area contributed by atoms with Crippen LogP contribution >= 0.6 is 0 Å². The molecule has 3 heterocycles. The third-order valence-electron chi connectivity index (χ3n) is 3.71. The number of halogens is 3. The monoisotopic (exact) mass is 379 g/mol. The predicted octanol–water partition coefficient (Wildman–Crippen LogP) is 2.13. The largest absolute Gasteiger partial charge is 0.358 e. The van der Waals surface area contributed by atoms with Gasteiger partial charge in [0.25, 0.3) is 6.43 Å². The van der Waals surface area contributed by atoms with E-state index >= 15 is 0 Å². The highest BCUT2D eigenvalue weighted by Gasteiger charge is 2.28. The number of anilines is 1. The Morgan fingerprint density at radius 2 is 2.07 bits per heavy atom. The topological polar surface area (TPSA) is 108 Å². The molecule has 0 saturated heterocycles. The van der Waals surface area contributed by atoms with Crippen molar-refractivity contribution in [3.63, 3.8) is 0 Å². The Bertz CT molecular complexity index is 974. The van der Waals surface area contributed by atoms with Crippen LogP contribution in [0.15, 0.2) is 24.7 Å². The van der Waals surface area contributed by atoms with Crippen molar-refractivity contribution in [2.45, 2.75) is 25.8 Å². The van der Waals surface area contributed by atoms with Crippen LogP contribution in [0.4, 0.5) is 19.0 Å². The molecule has 0 aliphatic carbocycles. The molecular weight excluding hydrogens is 363 g/mol. The average molecular weight is 379 g/mol. The molecule has 3 aromatic heterocycles. The molecule has 0 radical (unpaired) electrons. The number of carbonyl (C=O) groups excluding carboxylic acids is 1. The smallest absolute Gasteiger partial charge is 0.309 e. The molecule has 0 bridgehead atoms. The van der Waals surface area contributed by atoms with Crippen LogP contribution in [0.3, 0.4) is 0 Å². The molecule has 1 amide bonds. The minimum Gasteiger partial charge on any atom is -0.358 e. The number of H-pyrrole nitrogens is 1. The van der Waals surface area contributed by atoms with Crippen LogP contribution < -0.4 is 10.6 Å². The molecule has 0 aliphatic heterocycles. The first-order valence-corrected chi connectivity index (χ1v) is 7.94. The van der Waals surface area contributed by atoms with E-state index in [1.165, 1.54) is 32.3 Å². The number of hydrogen-bond donors (Lipinski definition) is 3. The summed E-state index contributed by atoms with van der Waals surface area (Å²) in [6, 6.07) is 1.52. The highest BCUT2D eigenvalue weighted by molar-refractivity contribution is 5.90. The van der Waals surface area contributed by atoms with Crippen LogP contribution in [0.25, 0.3) is 22.4 Å². The molecule has 0 saturated carbocycles. The van der Waals surface area contributed by atoms with Crippen LogP contribution in [-0.4, -0.2) is 49.3 Å². The van der Waals surface area contributed by atoms with Gasteiger partial charge in [-0.2, -0.15) is 9.37 Å². The van der Waals surface area contributed by atoms with Crippen molar-refractivity contribution in [2.24, 2.45) is 0 Å².